The molecule has 4 rings (SSSR count). The number of aryl methyl sites for hydroxylation is 2. The van der Waals surface area contributed by atoms with Gasteiger partial charge in [0.1, 0.15) is 11.5 Å². The van der Waals surface area contributed by atoms with Crippen LogP contribution in [0.15, 0.2) is 48.5 Å². The highest BCUT2D eigenvalue weighted by Gasteiger charge is 2.26. The number of rotatable bonds is 9. The average Bonchev–Trinajstić information content (AvgIpc) is 3.49. The highest BCUT2D eigenvalue weighted by molar-refractivity contribution is 5.93. The Balaban J connectivity index is 1.63. The molecule has 1 aromatic heterocycles. The Kier molecular flexibility index (Phi) is 6.44. The molecular formula is C25H26FN3O4. The zero-order valence-electron chi connectivity index (χ0n) is 18.5. The van der Waals surface area contributed by atoms with Gasteiger partial charge >= 0.3 is 5.97 Å². The van der Waals surface area contributed by atoms with Gasteiger partial charge in [0.05, 0.1) is 19.1 Å². The van der Waals surface area contributed by atoms with E-state index in [1.807, 2.05) is 32.0 Å². The van der Waals surface area contributed by atoms with Crippen LogP contribution in [-0.2, 0) is 4.79 Å². The van der Waals surface area contributed by atoms with Crippen molar-refractivity contribution in [3.8, 4) is 11.6 Å². The van der Waals surface area contributed by atoms with Crippen LogP contribution in [0.1, 0.15) is 52.5 Å². The molecule has 0 bridgehead atoms. The van der Waals surface area contributed by atoms with Gasteiger partial charge in [0.2, 0.25) is 5.88 Å². The summed E-state index contributed by atoms with van der Waals surface area (Å²) in [4.78, 5) is 24.6. The highest BCUT2D eigenvalue weighted by Crippen LogP contribution is 2.31. The third kappa shape index (κ3) is 5.39. The molecule has 33 heavy (non-hydrogen) atoms. The molecule has 8 heteroatoms. The zero-order chi connectivity index (χ0) is 23.5. The Bertz CT molecular complexity index is 1190. The van der Waals surface area contributed by atoms with Gasteiger partial charge in [-0.3, -0.25) is 9.59 Å². The minimum absolute atomic E-state index is 0.0178. The number of halogens is 1. The van der Waals surface area contributed by atoms with Gasteiger partial charge < -0.3 is 15.2 Å². The van der Waals surface area contributed by atoms with Crippen LogP contribution in [0.5, 0.6) is 5.88 Å². The first kappa shape index (κ1) is 22.5. The Morgan fingerprint density at radius 2 is 1.97 bits per heavy atom. The molecule has 0 spiro atoms. The van der Waals surface area contributed by atoms with Gasteiger partial charge in [0, 0.05) is 6.07 Å². The van der Waals surface area contributed by atoms with E-state index in [-0.39, 0.29) is 23.7 Å². The van der Waals surface area contributed by atoms with Crippen molar-refractivity contribution >= 4 is 11.9 Å². The number of aromatic nitrogens is 2. The summed E-state index contributed by atoms with van der Waals surface area (Å²) in [5.41, 5.74) is 2.82. The van der Waals surface area contributed by atoms with E-state index in [1.165, 1.54) is 16.8 Å². The third-order valence-electron chi connectivity index (χ3n) is 5.64. The molecule has 1 fully saturated rings. The molecule has 1 aliphatic rings. The number of ether oxygens (including phenoxy) is 1. The second kappa shape index (κ2) is 9.44. The highest BCUT2D eigenvalue weighted by atomic mass is 19.1. The van der Waals surface area contributed by atoms with Crippen molar-refractivity contribution in [3.63, 3.8) is 0 Å². The van der Waals surface area contributed by atoms with Crippen LogP contribution in [0.2, 0.25) is 0 Å². The monoisotopic (exact) mass is 451 g/mol. The maximum atomic E-state index is 14.4. The minimum atomic E-state index is -1.04. The Labute approximate surface area is 191 Å². The van der Waals surface area contributed by atoms with Gasteiger partial charge in [0.15, 0.2) is 5.69 Å². The van der Waals surface area contributed by atoms with Crippen molar-refractivity contribution < 1.29 is 23.8 Å². The summed E-state index contributed by atoms with van der Waals surface area (Å²) >= 11 is 0. The standard InChI is InChI=1S/C25H26FN3O4/c1-15-7-10-18(16(2)11-15)20(13-24(30)31)27-25(32)21-12-23(33-14-17-8-9-17)29(28-21)22-6-4-3-5-19(22)26/h3-7,10-12,17,20H,8-9,13-14H2,1-2H3,(H,27,32)(H,30,31). The van der Waals surface area contributed by atoms with E-state index in [0.717, 1.165) is 29.5 Å². The maximum Gasteiger partial charge on any atom is 0.305 e. The van der Waals surface area contributed by atoms with Gasteiger partial charge in [-0.2, -0.15) is 9.78 Å². The summed E-state index contributed by atoms with van der Waals surface area (Å²) in [5.74, 6) is -1.38. The zero-order valence-corrected chi connectivity index (χ0v) is 18.5. The number of benzene rings is 2. The predicted octanol–water partition coefficient (Wildman–Crippen LogP) is 4.36. The summed E-state index contributed by atoms with van der Waals surface area (Å²) in [6.07, 6.45) is 1.87. The van der Waals surface area contributed by atoms with E-state index in [1.54, 1.807) is 18.2 Å². The molecule has 1 atom stereocenters. The number of aliphatic carboxylic acids is 1. The van der Waals surface area contributed by atoms with E-state index in [4.69, 9.17) is 4.74 Å². The Hall–Kier alpha value is -3.68. The van der Waals surface area contributed by atoms with Crippen LogP contribution in [0.25, 0.3) is 5.69 Å². The van der Waals surface area contributed by atoms with E-state index >= 15 is 0 Å². The normalized spacial score (nSPS) is 14.0. The number of amides is 1. The first-order valence-electron chi connectivity index (χ1n) is 10.9. The lowest BCUT2D eigenvalue weighted by atomic mass is 9.97. The van der Waals surface area contributed by atoms with Crippen LogP contribution >= 0.6 is 0 Å². The molecule has 0 radical (unpaired) electrons. The summed E-state index contributed by atoms with van der Waals surface area (Å²) < 4.78 is 21.6. The molecule has 3 aromatic rings. The van der Waals surface area contributed by atoms with Crippen LogP contribution in [0, 0.1) is 25.6 Å². The van der Waals surface area contributed by atoms with E-state index < -0.39 is 23.7 Å². The van der Waals surface area contributed by atoms with Crippen molar-refractivity contribution in [1.82, 2.24) is 15.1 Å². The van der Waals surface area contributed by atoms with E-state index in [0.29, 0.717) is 12.5 Å². The molecule has 1 saturated carbocycles. The second-order valence-corrected chi connectivity index (χ2v) is 8.47. The third-order valence-corrected chi connectivity index (χ3v) is 5.64. The Morgan fingerprint density at radius 1 is 1.21 bits per heavy atom. The number of carbonyl (C=O) groups excluding carboxylic acids is 1. The van der Waals surface area contributed by atoms with Crippen molar-refractivity contribution in [1.29, 1.82) is 0 Å². The van der Waals surface area contributed by atoms with Crippen LogP contribution < -0.4 is 10.1 Å². The summed E-state index contributed by atoms with van der Waals surface area (Å²) in [6.45, 7) is 4.28. The lowest BCUT2D eigenvalue weighted by Gasteiger charge is -2.19. The smallest absolute Gasteiger partial charge is 0.305 e. The van der Waals surface area contributed by atoms with Crippen molar-refractivity contribution in [3.05, 3.63) is 76.7 Å². The molecule has 1 heterocycles. The second-order valence-electron chi connectivity index (χ2n) is 8.47. The first-order chi connectivity index (χ1) is 15.8. The summed E-state index contributed by atoms with van der Waals surface area (Å²) in [5, 5.41) is 16.5. The number of hydrogen-bond donors (Lipinski definition) is 2. The SMILES string of the molecule is Cc1ccc(C(CC(=O)O)NC(=O)c2cc(OCC3CC3)n(-c3ccccc3F)n2)c(C)c1. The molecule has 1 aliphatic carbocycles. The van der Waals surface area contributed by atoms with E-state index in [2.05, 4.69) is 10.4 Å². The molecule has 2 N–H and O–H groups in total. The van der Waals surface area contributed by atoms with Gasteiger partial charge in [-0.1, -0.05) is 35.9 Å². The van der Waals surface area contributed by atoms with Crippen molar-refractivity contribution in [2.75, 3.05) is 6.61 Å². The molecule has 2 aromatic carbocycles. The van der Waals surface area contributed by atoms with Gasteiger partial charge in [-0.15, -0.1) is 0 Å². The fourth-order valence-corrected chi connectivity index (χ4v) is 3.72. The average molecular weight is 451 g/mol. The topological polar surface area (TPSA) is 93.5 Å². The Morgan fingerprint density at radius 3 is 2.64 bits per heavy atom. The predicted molar refractivity (Wildman–Crippen MR) is 120 cm³/mol. The van der Waals surface area contributed by atoms with Gasteiger partial charge in [-0.05, 0) is 55.9 Å². The van der Waals surface area contributed by atoms with E-state index in [9.17, 15) is 19.1 Å². The summed E-state index contributed by atoms with van der Waals surface area (Å²) in [6, 6.07) is 12.5. The number of carboxylic acid groups (broad SMARTS) is 1. The molecule has 1 unspecified atom stereocenters. The molecular weight excluding hydrogens is 425 g/mol. The number of para-hydroxylation sites is 1. The number of nitrogens with one attached hydrogen (secondary N) is 1. The quantitative estimate of drug-likeness (QED) is 0.504. The van der Waals surface area contributed by atoms with Crippen LogP contribution in [0.4, 0.5) is 4.39 Å². The van der Waals surface area contributed by atoms with Crippen LogP contribution in [-0.4, -0.2) is 33.4 Å². The fourth-order valence-electron chi connectivity index (χ4n) is 3.72. The summed E-state index contributed by atoms with van der Waals surface area (Å²) in [7, 11) is 0. The van der Waals surface area contributed by atoms with Crippen molar-refractivity contribution in [2.24, 2.45) is 5.92 Å². The van der Waals surface area contributed by atoms with Crippen molar-refractivity contribution in [2.45, 2.75) is 39.2 Å². The maximum absolute atomic E-state index is 14.4. The van der Waals surface area contributed by atoms with Gasteiger partial charge in [-0.25, -0.2) is 4.39 Å². The minimum Gasteiger partial charge on any atom is -0.481 e. The first-order valence-corrected chi connectivity index (χ1v) is 10.9. The molecule has 7 nitrogen and oxygen atoms in total. The largest absolute Gasteiger partial charge is 0.481 e. The molecule has 0 aliphatic heterocycles. The van der Waals surface area contributed by atoms with Gasteiger partial charge in [0.25, 0.3) is 5.91 Å². The number of carbonyl (C=O) groups is 2. The number of nitrogens with zero attached hydrogens (tertiary/aromatic N) is 2. The molecule has 0 saturated heterocycles. The lowest BCUT2D eigenvalue weighted by molar-refractivity contribution is -0.137. The fraction of sp³-hybridized carbons (Fsp3) is 0.320. The number of hydrogen-bond acceptors (Lipinski definition) is 4. The van der Waals surface area contributed by atoms with Crippen LogP contribution in [0.3, 0.4) is 0 Å². The molecule has 172 valence electrons. The number of carboxylic acids is 1. The molecule has 1 amide bonds. The lowest BCUT2D eigenvalue weighted by Crippen LogP contribution is -2.31.